The first-order valence-corrected chi connectivity index (χ1v) is 9.19. The van der Waals surface area contributed by atoms with E-state index < -0.39 is 0 Å². The fraction of sp³-hybridized carbons (Fsp3) is 0.333. The van der Waals surface area contributed by atoms with Gasteiger partial charge in [-0.05, 0) is 55.5 Å². The van der Waals surface area contributed by atoms with Crippen molar-refractivity contribution < 1.29 is 9.18 Å². The van der Waals surface area contributed by atoms with E-state index in [0.29, 0.717) is 24.7 Å². The molecule has 1 aromatic heterocycles. The fourth-order valence-corrected chi connectivity index (χ4v) is 3.26. The molecule has 0 spiro atoms. The van der Waals surface area contributed by atoms with Gasteiger partial charge in [0, 0.05) is 36.6 Å². The van der Waals surface area contributed by atoms with Crippen molar-refractivity contribution in [3.05, 3.63) is 54.0 Å². The number of thioether (sulfide) groups is 1. The Bertz CT molecular complexity index is 700. The second-order valence-electron chi connectivity index (χ2n) is 5.80. The molecule has 126 valence electrons. The summed E-state index contributed by atoms with van der Waals surface area (Å²) in [5, 5.41) is 4.26. The van der Waals surface area contributed by atoms with Crippen LogP contribution in [0.25, 0.3) is 0 Å². The maximum Gasteiger partial charge on any atom is 0.254 e. The van der Waals surface area contributed by atoms with Crippen molar-refractivity contribution in [2.45, 2.75) is 23.9 Å². The Morgan fingerprint density at radius 1 is 1.25 bits per heavy atom. The van der Waals surface area contributed by atoms with Crippen molar-refractivity contribution in [1.29, 1.82) is 0 Å². The Hall–Kier alpha value is -2.08. The average Bonchev–Trinajstić information content (AvgIpc) is 2.64. The van der Waals surface area contributed by atoms with Crippen LogP contribution in [0.15, 0.2) is 47.6 Å². The summed E-state index contributed by atoms with van der Waals surface area (Å²) in [7, 11) is 0. The number of carbonyl (C=O) groups excluding carboxylic acids is 1. The zero-order valence-corrected chi connectivity index (χ0v) is 14.4. The zero-order chi connectivity index (χ0) is 16.9. The highest BCUT2D eigenvalue weighted by atomic mass is 32.2. The van der Waals surface area contributed by atoms with E-state index in [0.717, 1.165) is 23.6 Å². The molecular formula is C18H20FN3OS. The molecule has 0 bridgehead atoms. The second kappa shape index (κ2) is 7.66. The summed E-state index contributed by atoms with van der Waals surface area (Å²) in [6, 6.07) is 10.3. The number of likely N-dealkylation sites (tertiary alicyclic amines) is 1. The lowest BCUT2D eigenvalue weighted by atomic mass is 10.0. The average molecular weight is 345 g/mol. The second-order valence-corrected chi connectivity index (χ2v) is 6.63. The van der Waals surface area contributed by atoms with Gasteiger partial charge in [0.25, 0.3) is 5.91 Å². The lowest BCUT2D eigenvalue weighted by Gasteiger charge is -2.33. The summed E-state index contributed by atoms with van der Waals surface area (Å²) >= 11 is 1.53. The summed E-state index contributed by atoms with van der Waals surface area (Å²) in [5.74, 6) is -0.170. The summed E-state index contributed by atoms with van der Waals surface area (Å²) in [4.78, 5) is 18.7. The van der Waals surface area contributed by atoms with Crippen molar-refractivity contribution in [3.8, 4) is 0 Å². The monoisotopic (exact) mass is 345 g/mol. The van der Waals surface area contributed by atoms with Crippen LogP contribution in [-0.2, 0) is 0 Å². The molecule has 1 amide bonds. The van der Waals surface area contributed by atoms with Gasteiger partial charge in [0.05, 0.1) is 5.03 Å². The van der Waals surface area contributed by atoms with Crippen molar-refractivity contribution in [2.75, 3.05) is 24.7 Å². The Morgan fingerprint density at radius 2 is 1.96 bits per heavy atom. The third-order valence-corrected chi connectivity index (χ3v) is 4.83. The zero-order valence-electron chi connectivity index (χ0n) is 13.5. The van der Waals surface area contributed by atoms with Crippen LogP contribution in [0, 0.1) is 5.82 Å². The standard InChI is InChI=1S/C18H20FN3OS/c1-24-17-12-13(6-9-20-17)18(23)22-10-7-16(8-11-22)21-15-4-2-14(19)3-5-15/h2-6,9,12,16,21H,7-8,10-11H2,1H3. The molecule has 1 saturated heterocycles. The molecule has 0 unspecified atom stereocenters. The predicted octanol–water partition coefficient (Wildman–Crippen LogP) is 3.66. The largest absolute Gasteiger partial charge is 0.382 e. The van der Waals surface area contributed by atoms with Gasteiger partial charge in [0.2, 0.25) is 0 Å². The summed E-state index contributed by atoms with van der Waals surface area (Å²) in [6.07, 6.45) is 5.39. The highest BCUT2D eigenvalue weighted by Gasteiger charge is 2.23. The van der Waals surface area contributed by atoms with E-state index >= 15 is 0 Å². The van der Waals surface area contributed by atoms with Gasteiger partial charge < -0.3 is 10.2 Å². The first-order valence-electron chi connectivity index (χ1n) is 7.97. The first kappa shape index (κ1) is 16.8. The minimum Gasteiger partial charge on any atom is -0.382 e. The summed E-state index contributed by atoms with van der Waals surface area (Å²) in [5.41, 5.74) is 1.61. The highest BCUT2D eigenvalue weighted by Crippen LogP contribution is 2.20. The molecule has 2 heterocycles. The maximum absolute atomic E-state index is 12.9. The minimum atomic E-state index is -0.233. The van der Waals surface area contributed by atoms with Gasteiger partial charge in [-0.2, -0.15) is 0 Å². The SMILES string of the molecule is CSc1cc(C(=O)N2CCC(Nc3ccc(F)cc3)CC2)ccn1. The molecule has 0 atom stereocenters. The normalized spacial score (nSPS) is 15.3. The third kappa shape index (κ3) is 4.06. The summed E-state index contributed by atoms with van der Waals surface area (Å²) < 4.78 is 12.9. The van der Waals surface area contributed by atoms with Gasteiger partial charge in [0.15, 0.2) is 0 Å². The van der Waals surface area contributed by atoms with Crippen molar-refractivity contribution >= 4 is 23.4 Å². The molecule has 6 heteroatoms. The van der Waals surface area contributed by atoms with E-state index in [9.17, 15) is 9.18 Å². The van der Waals surface area contributed by atoms with Gasteiger partial charge in [-0.15, -0.1) is 11.8 Å². The van der Waals surface area contributed by atoms with Gasteiger partial charge in [0.1, 0.15) is 5.82 Å². The number of amides is 1. The van der Waals surface area contributed by atoms with Gasteiger partial charge in [-0.1, -0.05) is 0 Å². The van der Waals surface area contributed by atoms with E-state index in [1.807, 2.05) is 17.2 Å². The van der Waals surface area contributed by atoms with E-state index in [1.165, 1.54) is 23.9 Å². The van der Waals surface area contributed by atoms with E-state index in [2.05, 4.69) is 10.3 Å². The number of hydrogen-bond acceptors (Lipinski definition) is 4. The number of benzene rings is 1. The van der Waals surface area contributed by atoms with E-state index in [4.69, 9.17) is 0 Å². The van der Waals surface area contributed by atoms with Crippen LogP contribution < -0.4 is 5.32 Å². The molecule has 1 aliphatic rings. The molecule has 1 N–H and O–H groups in total. The number of anilines is 1. The number of nitrogens with one attached hydrogen (secondary N) is 1. The minimum absolute atomic E-state index is 0.0629. The lowest BCUT2D eigenvalue weighted by molar-refractivity contribution is 0.0718. The molecule has 0 radical (unpaired) electrons. The van der Waals surface area contributed by atoms with Crippen LogP contribution in [0.4, 0.5) is 10.1 Å². The highest BCUT2D eigenvalue weighted by molar-refractivity contribution is 7.98. The number of piperidine rings is 1. The number of carbonyl (C=O) groups is 1. The first-order chi connectivity index (χ1) is 11.7. The van der Waals surface area contributed by atoms with Crippen molar-refractivity contribution in [2.24, 2.45) is 0 Å². The van der Waals surface area contributed by atoms with Crippen LogP contribution in [0.1, 0.15) is 23.2 Å². The number of halogens is 1. The van der Waals surface area contributed by atoms with Gasteiger partial charge in [-0.3, -0.25) is 4.79 Å². The topological polar surface area (TPSA) is 45.2 Å². The Labute approximate surface area is 145 Å². The molecule has 3 rings (SSSR count). The maximum atomic E-state index is 12.9. The van der Waals surface area contributed by atoms with Crippen LogP contribution in [0.3, 0.4) is 0 Å². The predicted molar refractivity (Wildman–Crippen MR) is 95.0 cm³/mol. The molecule has 0 aliphatic carbocycles. The molecule has 24 heavy (non-hydrogen) atoms. The number of nitrogens with zero attached hydrogens (tertiary/aromatic N) is 2. The molecule has 0 saturated carbocycles. The Kier molecular flexibility index (Phi) is 5.35. The van der Waals surface area contributed by atoms with Crippen LogP contribution in [0.2, 0.25) is 0 Å². The smallest absolute Gasteiger partial charge is 0.254 e. The van der Waals surface area contributed by atoms with Gasteiger partial charge >= 0.3 is 0 Å². The number of pyridine rings is 1. The molecule has 4 nitrogen and oxygen atoms in total. The van der Waals surface area contributed by atoms with E-state index in [-0.39, 0.29) is 11.7 Å². The van der Waals surface area contributed by atoms with Crippen LogP contribution in [-0.4, -0.2) is 41.2 Å². The number of aromatic nitrogens is 1. The summed E-state index contributed by atoms with van der Waals surface area (Å²) in [6.45, 7) is 1.43. The third-order valence-electron chi connectivity index (χ3n) is 4.19. The van der Waals surface area contributed by atoms with Crippen LogP contribution in [0.5, 0.6) is 0 Å². The van der Waals surface area contributed by atoms with Crippen molar-refractivity contribution in [1.82, 2.24) is 9.88 Å². The number of hydrogen-bond donors (Lipinski definition) is 1. The Morgan fingerprint density at radius 3 is 2.62 bits per heavy atom. The van der Waals surface area contributed by atoms with Gasteiger partial charge in [-0.25, -0.2) is 9.37 Å². The fourth-order valence-electron chi connectivity index (χ4n) is 2.85. The quantitative estimate of drug-likeness (QED) is 0.859. The molecular weight excluding hydrogens is 325 g/mol. The van der Waals surface area contributed by atoms with E-state index in [1.54, 1.807) is 24.4 Å². The molecule has 1 aliphatic heterocycles. The lowest BCUT2D eigenvalue weighted by Crippen LogP contribution is -2.42. The molecule has 1 aromatic carbocycles. The molecule has 1 fully saturated rings. The number of rotatable bonds is 4. The Balaban J connectivity index is 1.56. The van der Waals surface area contributed by atoms with Crippen molar-refractivity contribution in [3.63, 3.8) is 0 Å². The van der Waals surface area contributed by atoms with Crippen LogP contribution >= 0.6 is 11.8 Å². The molecule has 2 aromatic rings.